The van der Waals surface area contributed by atoms with Gasteiger partial charge in [0.15, 0.2) is 0 Å². The number of hydrogen-bond donors (Lipinski definition) is 1. The molecule has 1 atom stereocenters. The normalized spacial score (nSPS) is 26.9. The number of hydrogen-bond acceptors (Lipinski definition) is 4. The van der Waals surface area contributed by atoms with Crippen LogP contribution in [0.5, 0.6) is 0 Å². The zero-order valence-electron chi connectivity index (χ0n) is 8.45. The number of aromatic nitrogens is 1. The van der Waals surface area contributed by atoms with Crippen LogP contribution >= 0.6 is 11.3 Å². The molecule has 1 aromatic rings. The molecule has 1 saturated heterocycles. The van der Waals surface area contributed by atoms with Gasteiger partial charge in [-0.1, -0.05) is 6.92 Å². The number of rotatable bonds is 4. The molecule has 14 heavy (non-hydrogen) atoms. The monoisotopic (exact) mass is 212 g/mol. The lowest BCUT2D eigenvalue weighted by atomic mass is 9.99. The van der Waals surface area contributed by atoms with Crippen molar-refractivity contribution in [3.8, 4) is 0 Å². The van der Waals surface area contributed by atoms with E-state index in [2.05, 4.69) is 17.2 Å². The van der Waals surface area contributed by atoms with Gasteiger partial charge in [-0.3, -0.25) is 0 Å². The third-order valence-electron chi connectivity index (χ3n) is 2.58. The fraction of sp³-hybridized carbons (Fsp3) is 0.700. The topological polar surface area (TPSA) is 34.2 Å². The van der Waals surface area contributed by atoms with E-state index in [9.17, 15) is 0 Å². The van der Waals surface area contributed by atoms with Gasteiger partial charge in [-0.25, -0.2) is 4.98 Å². The minimum atomic E-state index is 0.00414. The van der Waals surface area contributed by atoms with Gasteiger partial charge in [-0.15, -0.1) is 11.3 Å². The highest BCUT2D eigenvalue weighted by Crippen LogP contribution is 2.31. The molecule has 1 fully saturated rings. The molecular formula is C10H16N2OS. The van der Waals surface area contributed by atoms with E-state index in [1.54, 1.807) is 11.3 Å². The second kappa shape index (κ2) is 4.38. The van der Waals surface area contributed by atoms with Gasteiger partial charge >= 0.3 is 0 Å². The molecule has 1 aliphatic rings. The summed E-state index contributed by atoms with van der Waals surface area (Å²) >= 11 is 1.72. The minimum Gasteiger partial charge on any atom is -0.379 e. The molecule has 2 heterocycles. The van der Waals surface area contributed by atoms with Crippen LogP contribution in [0.3, 0.4) is 0 Å². The molecule has 1 unspecified atom stereocenters. The lowest BCUT2D eigenvalue weighted by molar-refractivity contribution is 0.166. The lowest BCUT2D eigenvalue weighted by Crippen LogP contribution is -2.43. The van der Waals surface area contributed by atoms with Gasteiger partial charge in [0.25, 0.3) is 0 Å². The Balaban J connectivity index is 2.14. The van der Waals surface area contributed by atoms with E-state index in [0.29, 0.717) is 0 Å². The third kappa shape index (κ3) is 1.82. The maximum atomic E-state index is 5.49. The summed E-state index contributed by atoms with van der Waals surface area (Å²) in [5.41, 5.74) is 0.00414. The highest BCUT2D eigenvalue weighted by molar-refractivity contribution is 7.09. The zero-order valence-corrected chi connectivity index (χ0v) is 9.27. The molecule has 4 heteroatoms. The number of nitrogens with zero attached hydrogens (tertiary/aromatic N) is 1. The maximum absolute atomic E-state index is 5.49. The summed E-state index contributed by atoms with van der Waals surface area (Å²) in [5.74, 6) is 0. The van der Waals surface area contributed by atoms with Gasteiger partial charge in [-0.05, 0) is 19.4 Å². The van der Waals surface area contributed by atoms with E-state index >= 15 is 0 Å². The predicted octanol–water partition coefficient (Wildman–Crippen LogP) is 1.76. The second-order valence-corrected chi connectivity index (χ2v) is 4.54. The quantitative estimate of drug-likeness (QED) is 0.825. The van der Waals surface area contributed by atoms with Crippen LogP contribution in [0.15, 0.2) is 11.6 Å². The molecule has 0 aliphatic carbocycles. The number of nitrogens with one attached hydrogen (secondary N) is 1. The molecule has 0 spiro atoms. The van der Waals surface area contributed by atoms with Gasteiger partial charge in [-0.2, -0.15) is 0 Å². The lowest BCUT2D eigenvalue weighted by Gasteiger charge is -2.26. The molecule has 0 radical (unpaired) electrons. The van der Waals surface area contributed by atoms with Crippen molar-refractivity contribution in [1.82, 2.24) is 10.3 Å². The van der Waals surface area contributed by atoms with E-state index in [1.165, 1.54) is 5.01 Å². The van der Waals surface area contributed by atoms with Crippen LogP contribution in [0.4, 0.5) is 0 Å². The standard InChI is InChI=1S/C10H16N2OS/c1-2-4-12-10(3-6-13-8-10)9-11-5-7-14-9/h5,7,12H,2-4,6,8H2,1H3. The van der Waals surface area contributed by atoms with Crippen LogP contribution in [-0.2, 0) is 10.3 Å². The van der Waals surface area contributed by atoms with Crippen molar-refractivity contribution in [1.29, 1.82) is 0 Å². The number of ether oxygens (including phenoxy) is 1. The van der Waals surface area contributed by atoms with Gasteiger partial charge in [0.2, 0.25) is 0 Å². The Morgan fingerprint density at radius 3 is 3.21 bits per heavy atom. The SMILES string of the molecule is CCCNC1(c2nccs2)CCOC1. The highest BCUT2D eigenvalue weighted by atomic mass is 32.1. The average Bonchev–Trinajstić information content (AvgIpc) is 2.86. The Labute approximate surface area is 88.5 Å². The van der Waals surface area contributed by atoms with Gasteiger partial charge < -0.3 is 10.1 Å². The van der Waals surface area contributed by atoms with Crippen LogP contribution in [0.25, 0.3) is 0 Å². The third-order valence-corrected chi connectivity index (χ3v) is 3.55. The minimum absolute atomic E-state index is 0.00414. The summed E-state index contributed by atoms with van der Waals surface area (Å²) in [4.78, 5) is 4.40. The molecule has 1 N–H and O–H groups in total. The first-order chi connectivity index (χ1) is 6.87. The average molecular weight is 212 g/mol. The molecule has 0 bridgehead atoms. The van der Waals surface area contributed by atoms with Crippen LogP contribution < -0.4 is 5.32 Å². The van der Waals surface area contributed by atoms with E-state index < -0.39 is 0 Å². The van der Waals surface area contributed by atoms with Crippen molar-refractivity contribution in [2.24, 2.45) is 0 Å². The molecule has 0 amide bonds. The van der Waals surface area contributed by atoms with E-state index in [-0.39, 0.29) is 5.54 Å². The Hall–Kier alpha value is -0.450. The summed E-state index contributed by atoms with van der Waals surface area (Å²) in [6, 6.07) is 0. The summed E-state index contributed by atoms with van der Waals surface area (Å²) in [6.45, 7) is 4.82. The first-order valence-corrected chi connectivity index (χ1v) is 5.98. The maximum Gasteiger partial charge on any atom is 0.115 e. The van der Waals surface area contributed by atoms with Crippen molar-refractivity contribution >= 4 is 11.3 Å². The van der Waals surface area contributed by atoms with Gasteiger partial charge in [0.1, 0.15) is 5.01 Å². The molecule has 78 valence electrons. The van der Waals surface area contributed by atoms with Gasteiger partial charge in [0.05, 0.1) is 12.1 Å². The fourth-order valence-electron chi connectivity index (χ4n) is 1.77. The van der Waals surface area contributed by atoms with E-state index in [1.807, 2.05) is 11.6 Å². The van der Waals surface area contributed by atoms with E-state index in [0.717, 1.165) is 32.6 Å². The van der Waals surface area contributed by atoms with Crippen molar-refractivity contribution in [3.63, 3.8) is 0 Å². The first-order valence-electron chi connectivity index (χ1n) is 5.10. The van der Waals surface area contributed by atoms with Crippen LogP contribution in [0, 0.1) is 0 Å². The Kier molecular flexibility index (Phi) is 3.15. The van der Waals surface area contributed by atoms with Crippen LogP contribution in [0.2, 0.25) is 0 Å². The first kappa shape index (κ1) is 10.1. The van der Waals surface area contributed by atoms with Crippen LogP contribution in [0.1, 0.15) is 24.8 Å². The van der Waals surface area contributed by atoms with Gasteiger partial charge in [0, 0.05) is 18.2 Å². The summed E-state index contributed by atoms with van der Waals surface area (Å²) in [5, 5.41) is 6.77. The van der Waals surface area contributed by atoms with E-state index in [4.69, 9.17) is 4.74 Å². The second-order valence-electron chi connectivity index (χ2n) is 3.65. The van der Waals surface area contributed by atoms with Crippen molar-refractivity contribution in [3.05, 3.63) is 16.6 Å². The van der Waals surface area contributed by atoms with Crippen LogP contribution in [-0.4, -0.2) is 24.7 Å². The molecule has 1 aromatic heterocycles. The predicted molar refractivity (Wildman–Crippen MR) is 57.5 cm³/mol. The molecule has 1 aliphatic heterocycles. The summed E-state index contributed by atoms with van der Waals surface area (Å²) < 4.78 is 5.49. The van der Waals surface area contributed by atoms with Crippen molar-refractivity contribution < 1.29 is 4.74 Å². The Morgan fingerprint density at radius 1 is 1.71 bits per heavy atom. The molecule has 0 aromatic carbocycles. The fourth-order valence-corrected chi connectivity index (χ4v) is 2.60. The van der Waals surface area contributed by atoms with Crippen molar-refractivity contribution in [2.45, 2.75) is 25.3 Å². The summed E-state index contributed by atoms with van der Waals surface area (Å²) in [7, 11) is 0. The van der Waals surface area contributed by atoms with Crippen molar-refractivity contribution in [2.75, 3.05) is 19.8 Å². The molecule has 3 nitrogen and oxygen atoms in total. The smallest absolute Gasteiger partial charge is 0.115 e. The molecule has 2 rings (SSSR count). The summed E-state index contributed by atoms with van der Waals surface area (Å²) in [6.07, 6.45) is 4.06. The molecule has 0 saturated carbocycles. The largest absolute Gasteiger partial charge is 0.379 e. The number of thiazole rings is 1. The molecular weight excluding hydrogens is 196 g/mol. The zero-order chi connectivity index (χ0) is 9.86. The Morgan fingerprint density at radius 2 is 2.64 bits per heavy atom. The Bertz CT molecular complexity index is 268. The highest BCUT2D eigenvalue weighted by Gasteiger charge is 2.38.